The summed E-state index contributed by atoms with van der Waals surface area (Å²) in [5.41, 5.74) is 2.59. The number of benzene rings is 2. The summed E-state index contributed by atoms with van der Waals surface area (Å²) < 4.78 is 3.73. The zero-order chi connectivity index (χ0) is 24.8. The molecule has 6 rings (SSSR count). The van der Waals surface area contributed by atoms with Crippen molar-refractivity contribution in [2.45, 2.75) is 25.6 Å². The van der Waals surface area contributed by atoms with Gasteiger partial charge in [0.2, 0.25) is 5.88 Å². The molecule has 1 N–H and O–H groups in total. The van der Waals surface area contributed by atoms with Crippen LogP contribution in [0.15, 0.2) is 81.8 Å². The van der Waals surface area contributed by atoms with E-state index in [4.69, 9.17) is 11.6 Å². The molecule has 0 radical (unpaired) electrons. The van der Waals surface area contributed by atoms with E-state index in [0.29, 0.717) is 29.7 Å². The Balaban J connectivity index is 1.29. The molecule has 0 aliphatic carbocycles. The minimum atomic E-state index is -0.513. The zero-order valence-corrected chi connectivity index (χ0v) is 20.2. The molecule has 2 aliphatic heterocycles. The number of halogens is 1. The summed E-state index contributed by atoms with van der Waals surface area (Å²) in [5.74, 6) is 0.0971. The number of aromatic hydroxyl groups is 1. The van der Waals surface area contributed by atoms with E-state index < -0.39 is 5.91 Å². The van der Waals surface area contributed by atoms with Crippen molar-refractivity contribution in [1.82, 2.24) is 14.0 Å². The molecule has 2 aromatic carbocycles. The Hall–Kier alpha value is -3.75. The predicted octanol–water partition coefficient (Wildman–Crippen LogP) is 5.16. The Bertz CT molecular complexity index is 1560. The molecular formula is C27H24ClN5O3. The van der Waals surface area contributed by atoms with Crippen LogP contribution < -0.4 is 5.56 Å². The quantitative estimate of drug-likeness (QED) is 0.391. The largest absolute Gasteiger partial charge is 0.493 e. The Morgan fingerprint density at radius 3 is 2.64 bits per heavy atom. The van der Waals surface area contributed by atoms with Crippen molar-refractivity contribution in [3.8, 4) is 5.88 Å². The van der Waals surface area contributed by atoms with E-state index in [1.165, 1.54) is 0 Å². The van der Waals surface area contributed by atoms with Gasteiger partial charge in [-0.2, -0.15) is 0 Å². The first kappa shape index (κ1) is 22.7. The third-order valence-electron chi connectivity index (χ3n) is 7.15. The number of rotatable bonds is 4. The first-order valence-electron chi connectivity index (χ1n) is 11.9. The molecule has 2 atom stereocenters. The van der Waals surface area contributed by atoms with Crippen LogP contribution in [0.1, 0.15) is 28.4 Å². The molecular weight excluding hydrogens is 478 g/mol. The molecule has 0 unspecified atom stereocenters. The van der Waals surface area contributed by atoms with E-state index in [1.807, 2.05) is 45.5 Å². The summed E-state index contributed by atoms with van der Waals surface area (Å²) in [6, 6.07) is 19.5. The van der Waals surface area contributed by atoms with Crippen LogP contribution in [0.5, 0.6) is 5.88 Å². The number of nitrogens with zero attached hydrogens (tertiary/aromatic N) is 5. The number of fused-ring (bicyclic) bond motifs is 5. The number of piperidine rings is 1. The maximum Gasteiger partial charge on any atom is 0.295 e. The van der Waals surface area contributed by atoms with Gasteiger partial charge < -0.3 is 9.67 Å². The molecule has 2 aromatic heterocycles. The predicted molar refractivity (Wildman–Crippen MR) is 137 cm³/mol. The second-order valence-electron chi connectivity index (χ2n) is 9.50. The van der Waals surface area contributed by atoms with Crippen LogP contribution in [0.2, 0.25) is 5.02 Å². The molecule has 1 fully saturated rings. The number of carbonyl (C=O) groups excluding carboxylic acids is 1. The average Bonchev–Trinajstić information content (AvgIpc) is 3.14. The monoisotopic (exact) mass is 501 g/mol. The summed E-state index contributed by atoms with van der Waals surface area (Å²) in [4.78, 5) is 27.2. The van der Waals surface area contributed by atoms with Crippen LogP contribution in [0.4, 0.5) is 5.69 Å². The number of hydrogen-bond acceptors (Lipinski definition) is 5. The van der Waals surface area contributed by atoms with Gasteiger partial charge >= 0.3 is 0 Å². The van der Waals surface area contributed by atoms with Gasteiger partial charge in [-0.1, -0.05) is 35.9 Å². The van der Waals surface area contributed by atoms with Crippen molar-refractivity contribution in [3.05, 3.63) is 93.4 Å². The molecule has 4 heterocycles. The zero-order valence-electron chi connectivity index (χ0n) is 19.4. The normalized spacial score (nSPS) is 19.6. The topological polar surface area (TPSA) is 92.2 Å². The summed E-state index contributed by atoms with van der Waals surface area (Å²) in [5, 5.41) is 20.4. The standard InChI is InChI=1S/C27H24ClN5O3/c28-20-10-8-18(9-11-20)26(35)30-29-25-21-4-1-2-5-23(21)33(27(25)36)16-31-13-17-12-19(15-31)22-6-3-7-24(34)32(22)14-17/h1-11,17,19,36H,12-16H2/t17-,19-/m0/s1. The Morgan fingerprint density at radius 2 is 1.81 bits per heavy atom. The number of hydrogen-bond donors (Lipinski definition) is 1. The molecule has 0 saturated carbocycles. The number of para-hydroxylation sites is 1. The van der Waals surface area contributed by atoms with Crippen LogP contribution in [-0.4, -0.2) is 38.1 Å². The molecule has 182 valence electrons. The van der Waals surface area contributed by atoms with Gasteiger partial charge in [0.15, 0.2) is 5.69 Å². The average molecular weight is 502 g/mol. The highest BCUT2D eigenvalue weighted by atomic mass is 35.5. The molecule has 1 amide bonds. The van der Waals surface area contributed by atoms with E-state index in [9.17, 15) is 14.7 Å². The van der Waals surface area contributed by atoms with Crippen molar-refractivity contribution in [1.29, 1.82) is 0 Å². The highest BCUT2D eigenvalue weighted by Crippen LogP contribution is 2.40. The first-order valence-corrected chi connectivity index (χ1v) is 12.3. The lowest BCUT2D eigenvalue weighted by Gasteiger charge is -2.42. The fourth-order valence-electron chi connectivity index (χ4n) is 5.57. The molecule has 2 aliphatic rings. The van der Waals surface area contributed by atoms with Crippen LogP contribution >= 0.6 is 11.6 Å². The highest BCUT2D eigenvalue weighted by Gasteiger charge is 2.35. The van der Waals surface area contributed by atoms with Gasteiger partial charge in [-0.25, -0.2) is 0 Å². The van der Waals surface area contributed by atoms with Gasteiger partial charge in [-0.05, 0) is 48.7 Å². The van der Waals surface area contributed by atoms with Gasteiger partial charge in [0, 0.05) is 53.3 Å². The summed E-state index contributed by atoms with van der Waals surface area (Å²) in [6.45, 7) is 2.80. The number of pyridine rings is 1. The molecule has 1 saturated heterocycles. The van der Waals surface area contributed by atoms with Crippen LogP contribution in [0.25, 0.3) is 10.9 Å². The lowest BCUT2D eigenvalue weighted by molar-refractivity contribution is 0.0922. The maximum absolute atomic E-state index is 12.5. The first-order chi connectivity index (χ1) is 17.5. The second-order valence-corrected chi connectivity index (χ2v) is 9.94. The van der Waals surface area contributed by atoms with Gasteiger partial charge in [0.25, 0.3) is 11.5 Å². The van der Waals surface area contributed by atoms with Crippen molar-refractivity contribution in [3.63, 3.8) is 0 Å². The smallest absolute Gasteiger partial charge is 0.295 e. The Kier molecular flexibility index (Phi) is 5.70. The van der Waals surface area contributed by atoms with E-state index in [-0.39, 0.29) is 23.0 Å². The van der Waals surface area contributed by atoms with E-state index in [0.717, 1.165) is 36.1 Å². The van der Waals surface area contributed by atoms with Gasteiger partial charge in [-0.3, -0.25) is 19.1 Å². The highest BCUT2D eigenvalue weighted by molar-refractivity contribution is 6.30. The van der Waals surface area contributed by atoms with Crippen molar-refractivity contribution < 1.29 is 9.90 Å². The molecule has 0 spiro atoms. The molecule has 9 heteroatoms. The van der Waals surface area contributed by atoms with Crippen LogP contribution in [-0.2, 0) is 13.2 Å². The summed E-state index contributed by atoms with van der Waals surface area (Å²) >= 11 is 5.90. The molecule has 4 aromatic rings. The third-order valence-corrected chi connectivity index (χ3v) is 7.40. The van der Waals surface area contributed by atoms with Gasteiger partial charge in [0.1, 0.15) is 0 Å². The number of carbonyl (C=O) groups is 1. The van der Waals surface area contributed by atoms with E-state index >= 15 is 0 Å². The minimum Gasteiger partial charge on any atom is -0.493 e. The molecule has 36 heavy (non-hydrogen) atoms. The number of aromatic nitrogens is 2. The molecule has 2 bridgehead atoms. The van der Waals surface area contributed by atoms with Crippen LogP contribution in [0.3, 0.4) is 0 Å². The number of likely N-dealkylation sites (tertiary alicyclic amines) is 1. The van der Waals surface area contributed by atoms with Gasteiger partial charge in [0.05, 0.1) is 12.2 Å². The maximum atomic E-state index is 12.5. The minimum absolute atomic E-state index is 0.0313. The summed E-state index contributed by atoms with van der Waals surface area (Å²) in [7, 11) is 0. The van der Waals surface area contributed by atoms with E-state index in [1.54, 1.807) is 30.3 Å². The van der Waals surface area contributed by atoms with Crippen molar-refractivity contribution in [2.24, 2.45) is 16.1 Å². The second kappa shape index (κ2) is 9.04. The fraction of sp³-hybridized carbons (Fsp3) is 0.259. The summed E-state index contributed by atoms with van der Waals surface area (Å²) in [6.07, 6.45) is 1.06. The molecule has 8 nitrogen and oxygen atoms in total. The van der Waals surface area contributed by atoms with E-state index in [2.05, 4.69) is 15.1 Å². The Morgan fingerprint density at radius 1 is 1.00 bits per heavy atom. The SMILES string of the molecule is O=C(N=Nc1c(O)n(CN2C[C@@H]3C[C@@H](C2)c2cccc(=O)n2C3)c2ccccc12)c1ccc(Cl)cc1. The lowest BCUT2D eigenvalue weighted by atomic mass is 9.83. The van der Waals surface area contributed by atoms with Gasteiger partial charge in [-0.15, -0.1) is 10.2 Å². The third kappa shape index (κ3) is 4.02. The van der Waals surface area contributed by atoms with Crippen molar-refractivity contribution in [2.75, 3.05) is 13.1 Å². The lowest BCUT2D eigenvalue weighted by Crippen LogP contribution is -2.47. The fourth-order valence-corrected chi connectivity index (χ4v) is 5.70. The number of amides is 1. The number of azo groups is 1. The van der Waals surface area contributed by atoms with Crippen LogP contribution in [0, 0.1) is 5.92 Å². The van der Waals surface area contributed by atoms with Crippen molar-refractivity contribution >= 4 is 34.1 Å². The Labute approximate surface area is 212 Å².